The maximum Gasteiger partial charge on any atom is 0.226 e. The first-order chi connectivity index (χ1) is 7.63. The van der Waals surface area contributed by atoms with E-state index < -0.39 is 0 Å². The average molecular weight is 219 g/mol. The zero-order valence-corrected chi connectivity index (χ0v) is 10.1. The molecule has 2 aromatic rings. The van der Waals surface area contributed by atoms with Crippen molar-refractivity contribution in [1.82, 2.24) is 15.0 Å². The third-order valence-electron chi connectivity index (χ3n) is 2.73. The molecule has 2 N–H and O–H groups in total. The third kappa shape index (κ3) is 1.68. The lowest BCUT2D eigenvalue weighted by atomic mass is 10.3. The number of nitrogens with one attached hydrogen (secondary N) is 2. The molecule has 0 fully saturated rings. The highest BCUT2D eigenvalue weighted by Crippen LogP contribution is 2.24. The van der Waals surface area contributed by atoms with Gasteiger partial charge in [0.15, 0.2) is 0 Å². The first-order valence-electron chi connectivity index (χ1n) is 5.39. The minimum atomic E-state index is 0.401. The van der Waals surface area contributed by atoms with Crippen LogP contribution in [-0.2, 0) is 0 Å². The first-order valence-corrected chi connectivity index (χ1v) is 5.39. The van der Waals surface area contributed by atoms with Crippen LogP contribution in [0, 0.1) is 0 Å². The first kappa shape index (κ1) is 10.7. The molecule has 86 valence electrons. The molecule has 0 aliphatic heterocycles. The number of H-pyrrole nitrogens is 1. The Labute approximate surface area is 94.9 Å². The topological polar surface area (TPSA) is 56.8 Å². The molecule has 16 heavy (non-hydrogen) atoms. The van der Waals surface area contributed by atoms with E-state index in [1.54, 1.807) is 0 Å². The number of fused-ring (bicyclic) bond motifs is 1. The van der Waals surface area contributed by atoms with Crippen molar-refractivity contribution in [3.63, 3.8) is 0 Å². The fourth-order valence-electron chi connectivity index (χ4n) is 1.55. The van der Waals surface area contributed by atoms with Crippen molar-refractivity contribution in [2.24, 2.45) is 0 Å². The van der Waals surface area contributed by atoms with E-state index in [4.69, 9.17) is 0 Å². The van der Waals surface area contributed by atoms with Gasteiger partial charge in [-0.1, -0.05) is 0 Å². The summed E-state index contributed by atoms with van der Waals surface area (Å²) in [6, 6.07) is 2.40. The molecular weight excluding hydrogens is 202 g/mol. The Balaban J connectivity index is 2.60. The average Bonchev–Trinajstić information content (AvgIpc) is 2.74. The van der Waals surface area contributed by atoms with E-state index in [0.29, 0.717) is 12.0 Å². The van der Waals surface area contributed by atoms with Crippen molar-refractivity contribution >= 4 is 22.8 Å². The van der Waals surface area contributed by atoms with Crippen LogP contribution >= 0.6 is 0 Å². The van der Waals surface area contributed by atoms with Gasteiger partial charge in [-0.05, 0) is 19.9 Å². The number of anilines is 2. The second-order valence-electron chi connectivity index (χ2n) is 4.07. The van der Waals surface area contributed by atoms with Crippen LogP contribution in [0.25, 0.3) is 11.0 Å². The molecule has 0 spiro atoms. The monoisotopic (exact) mass is 219 g/mol. The molecule has 0 aliphatic rings. The highest BCUT2D eigenvalue weighted by molar-refractivity contribution is 5.88. The van der Waals surface area contributed by atoms with E-state index in [1.807, 2.05) is 26.4 Å². The molecule has 2 aromatic heterocycles. The molecule has 0 unspecified atom stereocenters. The summed E-state index contributed by atoms with van der Waals surface area (Å²) in [5.74, 6) is 1.59. The van der Waals surface area contributed by atoms with Gasteiger partial charge in [-0.3, -0.25) is 0 Å². The summed E-state index contributed by atoms with van der Waals surface area (Å²) in [6.07, 6.45) is 1.89. The summed E-state index contributed by atoms with van der Waals surface area (Å²) >= 11 is 0. The minimum Gasteiger partial charge on any atom is -0.357 e. The van der Waals surface area contributed by atoms with E-state index >= 15 is 0 Å². The van der Waals surface area contributed by atoms with Crippen molar-refractivity contribution in [2.45, 2.75) is 19.9 Å². The molecule has 0 aliphatic carbocycles. The molecule has 0 saturated heterocycles. The molecule has 5 nitrogen and oxygen atoms in total. The van der Waals surface area contributed by atoms with Crippen LogP contribution in [0.4, 0.5) is 11.8 Å². The Morgan fingerprint density at radius 1 is 1.38 bits per heavy atom. The zero-order valence-electron chi connectivity index (χ0n) is 10.1. The smallest absolute Gasteiger partial charge is 0.226 e. The molecule has 0 aromatic carbocycles. The highest BCUT2D eigenvalue weighted by Gasteiger charge is 2.13. The minimum absolute atomic E-state index is 0.401. The standard InChI is InChI=1S/C11H17N5/c1-7(2)16(4)10-8-5-6-13-9(8)14-11(12-3)15-10/h5-7H,1-4H3,(H2,12,13,14,15). The largest absolute Gasteiger partial charge is 0.357 e. The van der Waals surface area contributed by atoms with Crippen LogP contribution in [-0.4, -0.2) is 35.1 Å². The van der Waals surface area contributed by atoms with Crippen LogP contribution in [0.5, 0.6) is 0 Å². The molecule has 0 saturated carbocycles. The quantitative estimate of drug-likeness (QED) is 0.827. The van der Waals surface area contributed by atoms with E-state index in [-0.39, 0.29) is 0 Å². The molecule has 2 heterocycles. The van der Waals surface area contributed by atoms with Gasteiger partial charge in [-0.15, -0.1) is 0 Å². The summed E-state index contributed by atoms with van der Waals surface area (Å²) in [5.41, 5.74) is 0.863. The van der Waals surface area contributed by atoms with Crippen LogP contribution in [0.15, 0.2) is 12.3 Å². The Bertz CT molecular complexity index is 488. The number of aromatic amines is 1. The van der Waals surface area contributed by atoms with Crippen LogP contribution in [0.3, 0.4) is 0 Å². The zero-order chi connectivity index (χ0) is 11.7. The number of nitrogens with zero attached hydrogens (tertiary/aromatic N) is 3. The van der Waals surface area contributed by atoms with E-state index in [0.717, 1.165) is 16.9 Å². The second kappa shape index (κ2) is 4.00. The fourth-order valence-corrected chi connectivity index (χ4v) is 1.55. The predicted octanol–water partition coefficient (Wildman–Crippen LogP) is 1.84. The SMILES string of the molecule is CNc1nc(N(C)C(C)C)c2cc[nH]c2n1. The Morgan fingerprint density at radius 2 is 2.12 bits per heavy atom. The Morgan fingerprint density at radius 3 is 2.75 bits per heavy atom. The van der Waals surface area contributed by atoms with Crippen molar-refractivity contribution in [3.05, 3.63) is 12.3 Å². The maximum atomic E-state index is 4.50. The van der Waals surface area contributed by atoms with Gasteiger partial charge < -0.3 is 15.2 Å². The van der Waals surface area contributed by atoms with Gasteiger partial charge in [0, 0.05) is 26.3 Å². The van der Waals surface area contributed by atoms with Crippen LogP contribution in [0.1, 0.15) is 13.8 Å². The summed E-state index contributed by atoms with van der Waals surface area (Å²) < 4.78 is 0. The summed E-state index contributed by atoms with van der Waals surface area (Å²) in [5, 5.41) is 4.03. The van der Waals surface area contributed by atoms with Crippen molar-refractivity contribution in [1.29, 1.82) is 0 Å². The molecule has 2 rings (SSSR count). The molecule has 0 atom stereocenters. The summed E-state index contributed by atoms with van der Waals surface area (Å²) in [7, 11) is 3.86. The maximum absolute atomic E-state index is 4.50. The highest BCUT2D eigenvalue weighted by atomic mass is 15.2. The van der Waals surface area contributed by atoms with Crippen molar-refractivity contribution in [2.75, 3.05) is 24.3 Å². The van der Waals surface area contributed by atoms with Gasteiger partial charge in [-0.2, -0.15) is 9.97 Å². The van der Waals surface area contributed by atoms with Gasteiger partial charge in [-0.25, -0.2) is 0 Å². The van der Waals surface area contributed by atoms with Crippen LogP contribution < -0.4 is 10.2 Å². The lowest BCUT2D eigenvalue weighted by Crippen LogP contribution is -2.27. The predicted molar refractivity (Wildman–Crippen MR) is 67.0 cm³/mol. The number of aromatic nitrogens is 3. The number of hydrogen-bond donors (Lipinski definition) is 2. The normalized spacial score (nSPS) is 11.1. The molecular formula is C11H17N5. The van der Waals surface area contributed by atoms with Gasteiger partial charge in [0.05, 0.1) is 5.39 Å². The fraction of sp³-hybridized carbons (Fsp3) is 0.455. The molecule has 0 radical (unpaired) electrons. The van der Waals surface area contributed by atoms with E-state index in [9.17, 15) is 0 Å². The molecule has 5 heteroatoms. The number of rotatable bonds is 3. The van der Waals surface area contributed by atoms with Crippen molar-refractivity contribution in [3.8, 4) is 0 Å². The lowest BCUT2D eigenvalue weighted by molar-refractivity contribution is 0.746. The second-order valence-corrected chi connectivity index (χ2v) is 4.07. The van der Waals surface area contributed by atoms with Crippen LogP contribution in [0.2, 0.25) is 0 Å². The van der Waals surface area contributed by atoms with Gasteiger partial charge in [0.25, 0.3) is 0 Å². The molecule has 0 bridgehead atoms. The lowest BCUT2D eigenvalue weighted by Gasteiger charge is -2.23. The van der Waals surface area contributed by atoms with E-state index in [2.05, 4.69) is 39.0 Å². The third-order valence-corrected chi connectivity index (χ3v) is 2.73. The summed E-state index contributed by atoms with van der Waals surface area (Å²) in [6.45, 7) is 4.28. The van der Waals surface area contributed by atoms with Gasteiger partial charge in [0.2, 0.25) is 5.95 Å². The Hall–Kier alpha value is -1.78. The van der Waals surface area contributed by atoms with E-state index in [1.165, 1.54) is 0 Å². The van der Waals surface area contributed by atoms with Gasteiger partial charge in [0.1, 0.15) is 11.5 Å². The van der Waals surface area contributed by atoms with Crippen molar-refractivity contribution < 1.29 is 0 Å². The summed E-state index contributed by atoms with van der Waals surface area (Å²) in [4.78, 5) is 14.1. The Kier molecular flexibility index (Phi) is 2.68. The number of hydrogen-bond acceptors (Lipinski definition) is 4. The molecule has 0 amide bonds. The van der Waals surface area contributed by atoms with Gasteiger partial charge >= 0.3 is 0 Å².